The topological polar surface area (TPSA) is 79.3 Å². The Morgan fingerprint density at radius 3 is 2.91 bits per heavy atom. The highest BCUT2D eigenvalue weighted by Crippen LogP contribution is 2.45. The number of benzene rings is 1. The van der Waals surface area contributed by atoms with Crippen molar-refractivity contribution in [1.82, 2.24) is 19.7 Å². The molecule has 0 aliphatic heterocycles. The molecule has 1 atom stereocenters. The van der Waals surface area contributed by atoms with Gasteiger partial charge in [-0.3, -0.25) is 14.0 Å². The Labute approximate surface area is 125 Å². The van der Waals surface area contributed by atoms with Crippen molar-refractivity contribution >= 4 is 11.6 Å². The number of hydrogen-bond donors (Lipinski definition) is 2. The van der Waals surface area contributed by atoms with Crippen LogP contribution in [0.5, 0.6) is 0 Å². The molecule has 1 aliphatic rings. The lowest BCUT2D eigenvalue weighted by Gasteiger charge is -2.28. The van der Waals surface area contributed by atoms with Gasteiger partial charge in [0, 0.05) is 24.9 Å². The van der Waals surface area contributed by atoms with E-state index in [1.165, 1.54) is 6.92 Å². The Kier molecular flexibility index (Phi) is 2.37. The normalized spacial score (nSPS) is 19.0. The molecule has 22 heavy (non-hydrogen) atoms. The van der Waals surface area contributed by atoms with Gasteiger partial charge in [0.2, 0.25) is 11.6 Å². The van der Waals surface area contributed by atoms with E-state index in [1.807, 2.05) is 31.2 Å². The lowest BCUT2D eigenvalue weighted by atomic mass is 9.92. The van der Waals surface area contributed by atoms with Crippen LogP contribution in [-0.2, 0) is 10.3 Å². The molecule has 1 amide bonds. The minimum Gasteiger partial charge on any atom is -0.341 e. The van der Waals surface area contributed by atoms with E-state index >= 15 is 0 Å². The molecule has 0 radical (unpaired) electrons. The number of aromatic nitrogens is 3. The second-order valence-corrected chi connectivity index (χ2v) is 5.65. The van der Waals surface area contributed by atoms with Gasteiger partial charge in [-0.15, -0.1) is 0 Å². The van der Waals surface area contributed by atoms with Gasteiger partial charge in [0.05, 0.1) is 11.4 Å². The summed E-state index contributed by atoms with van der Waals surface area (Å²) in [6.07, 6.45) is 3.33. The second kappa shape index (κ2) is 4.07. The number of imidazole rings is 1. The molecule has 3 aromatic rings. The number of H-pyrrole nitrogens is 1. The van der Waals surface area contributed by atoms with Gasteiger partial charge >= 0.3 is 0 Å². The van der Waals surface area contributed by atoms with Crippen molar-refractivity contribution in [3.8, 4) is 11.3 Å². The van der Waals surface area contributed by atoms with Crippen LogP contribution in [0.25, 0.3) is 16.9 Å². The van der Waals surface area contributed by atoms with Crippen molar-refractivity contribution < 1.29 is 4.79 Å². The smallest absolute Gasteiger partial charge is 0.292 e. The van der Waals surface area contributed by atoms with Crippen LogP contribution in [0.15, 0.2) is 41.5 Å². The summed E-state index contributed by atoms with van der Waals surface area (Å²) in [5.41, 5.74) is 2.77. The molecule has 4 rings (SSSR count). The number of nitrogens with zero attached hydrogens (tertiary/aromatic N) is 2. The Balaban J connectivity index is 2.18. The molecule has 0 bridgehead atoms. The fraction of sp³-hybridized carbons (Fsp3) is 0.188. The molecule has 2 N–H and O–H groups in total. The van der Waals surface area contributed by atoms with Crippen LogP contribution < -0.4 is 10.9 Å². The van der Waals surface area contributed by atoms with Crippen molar-refractivity contribution in [2.24, 2.45) is 0 Å². The zero-order valence-electron chi connectivity index (χ0n) is 12.2. The monoisotopic (exact) mass is 294 g/mol. The average molecular weight is 294 g/mol. The van der Waals surface area contributed by atoms with Gasteiger partial charge in [0.25, 0.3) is 5.56 Å². The molecular formula is C16H14N4O2. The van der Waals surface area contributed by atoms with Crippen molar-refractivity contribution in [2.75, 3.05) is 0 Å². The first-order valence-corrected chi connectivity index (χ1v) is 7.01. The maximum Gasteiger partial charge on any atom is 0.292 e. The summed E-state index contributed by atoms with van der Waals surface area (Å²) >= 11 is 0. The Morgan fingerprint density at radius 2 is 2.14 bits per heavy atom. The molecule has 6 nitrogen and oxygen atoms in total. The average Bonchev–Trinajstić information content (AvgIpc) is 3.03. The minimum absolute atomic E-state index is 0.135. The van der Waals surface area contributed by atoms with Crippen LogP contribution in [0, 0.1) is 0 Å². The fourth-order valence-corrected chi connectivity index (χ4v) is 3.43. The van der Waals surface area contributed by atoms with Crippen molar-refractivity contribution in [3.05, 3.63) is 58.3 Å². The predicted molar refractivity (Wildman–Crippen MR) is 81.5 cm³/mol. The first-order valence-electron chi connectivity index (χ1n) is 7.01. The Hall–Kier alpha value is -2.89. The van der Waals surface area contributed by atoms with Crippen LogP contribution in [-0.4, -0.2) is 20.3 Å². The summed E-state index contributed by atoms with van der Waals surface area (Å²) in [7, 11) is 0. The molecule has 1 aromatic carbocycles. The highest BCUT2D eigenvalue weighted by Gasteiger charge is 2.43. The minimum atomic E-state index is -0.721. The van der Waals surface area contributed by atoms with Crippen LogP contribution in [0.1, 0.15) is 25.1 Å². The molecule has 6 heteroatoms. The number of fused-ring (bicyclic) bond motifs is 5. The standard InChI is InChI=1S/C16H14N4O2/c1-9(21)19-16(2)11-6-4-3-5-10(11)12-13(16)20-8-7-17-14(20)15(22)18-12/h3-8H,1-2H3,(H,18,22)(H,19,21). The highest BCUT2D eigenvalue weighted by molar-refractivity contribution is 5.82. The van der Waals surface area contributed by atoms with Crippen molar-refractivity contribution in [2.45, 2.75) is 19.4 Å². The zero-order valence-corrected chi connectivity index (χ0v) is 12.2. The van der Waals surface area contributed by atoms with Gasteiger partial charge in [0.15, 0.2) is 0 Å². The number of nitrogens with one attached hydrogen (secondary N) is 2. The lowest BCUT2D eigenvalue weighted by Crippen LogP contribution is -2.43. The van der Waals surface area contributed by atoms with E-state index in [0.717, 1.165) is 22.5 Å². The largest absolute Gasteiger partial charge is 0.341 e. The second-order valence-electron chi connectivity index (χ2n) is 5.65. The quantitative estimate of drug-likeness (QED) is 0.712. The summed E-state index contributed by atoms with van der Waals surface area (Å²) < 4.78 is 1.75. The SMILES string of the molecule is CC(=O)NC1(C)c2ccccc2-c2[nH]c(=O)c3nccn3c21. The molecule has 0 saturated carbocycles. The van der Waals surface area contributed by atoms with E-state index in [9.17, 15) is 9.59 Å². The van der Waals surface area contributed by atoms with Gasteiger partial charge in [-0.25, -0.2) is 4.98 Å². The maximum absolute atomic E-state index is 12.2. The number of rotatable bonds is 1. The number of carbonyl (C=O) groups excluding carboxylic acids is 1. The third kappa shape index (κ3) is 1.46. The highest BCUT2D eigenvalue weighted by atomic mass is 16.1. The van der Waals surface area contributed by atoms with Crippen molar-refractivity contribution in [3.63, 3.8) is 0 Å². The lowest BCUT2D eigenvalue weighted by molar-refractivity contribution is -0.120. The number of aromatic amines is 1. The third-order valence-corrected chi connectivity index (χ3v) is 4.19. The zero-order chi connectivity index (χ0) is 15.5. The van der Waals surface area contributed by atoms with Crippen LogP contribution in [0.2, 0.25) is 0 Å². The summed E-state index contributed by atoms with van der Waals surface area (Å²) in [6, 6.07) is 7.75. The third-order valence-electron chi connectivity index (χ3n) is 4.19. The Morgan fingerprint density at radius 1 is 1.36 bits per heavy atom. The van der Waals surface area contributed by atoms with Gasteiger partial charge in [-0.2, -0.15) is 0 Å². The number of hydrogen-bond acceptors (Lipinski definition) is 3. The van der Waals surface area contributed by atoms with E-state index in [0.29, 0.717) is 5.65 Å². The molecule has 1 aliphatic carbocycles. The van der Waals surface area contributed by atoms with Crippen LogP contribution in [0.3, 0.4) is 0 Å². The van der Waals surface area contributed by atoms with Crippen LogP contribution in [0.4, 0.5) is 0 Å². The molecule has 2 heterocycles. The molecule has 0 fully saturated rings. The molecule has 0 saturated heterocycles. The van der Waals surface area contributed by atoms with E-state index in [1.54, 1.807) is 16.8 Å². The van der Waals surface area contributed by atoms with Crippen LogP contribution >= 0.6 is 0 Å². The first-order chi connectivity index (χ1) is 10.5. The first kappa shape index (κ1) is 12.8. The van der Waals surface area contributed by atoms with E-state index < -0.39 is 5.54 Å². The summed E-state index contributed by atoms with van der Waals surface area (Å²) in [5, 5.41) is 3.02. The maximum atomic E-state index is 12.2. The van der Waals surface area contributed by atoms with E-state index in [-0.39, 0.29) is 11.5 Å². The summed E-state index contributed by atoms with van der Waals surface area (Å²) in [4.78, 5) is 31.0. The van der Waals surface area contributed by atoms with Gasteiger partial charge in [0.1, 0.15) is 5.54 Å². The summed E-state index contributed by atoms with van der Waals surface area (Å²) in [6.45, 7) is 3.43. The van der Waals surface area contributed by atoms with Gasteiger partial charge < -0.3 is 10.3 Å². The Bertz CT molecular complexity index is 985. The fourth-order valence-electron chi connectivity index (χ4n) is 3.43. The van der Waals surface area contributed by atoms with E-state index in [4.69, 9.17) is 0 Å². The van der Waals surface area contributed by atoms with E-state index in [2.05, 4.69) is 15.3 Å². The predicted octanol–water partition coefficient (Wildman–Crippen LogP) is 1.40. The molecule has 2 aromatic heterocycles. The van der Waals surface area contributed by atoms with Gasteiger partial charge in [-0.1, -0.05) is 24.3 Å². The van der Waals surface area contributed by atoms with Crippen molar-refractivity contribution in [1.29, 1.82) is 0 Å². The number of amides is 1. The molecular weight excluding hydrogens is 280 g/mol. The number of carbonyl (C=O) groups is 1. The molecule has 0 spiro atoms. The molecule has 1 unspecified atom stereocenters. The molecule has 110 valence electrons. The van der Waals surface area contributed by atoms with Gasteiger partial charge in [-0.05, 0) is 12.5 Å². The summed E-state index contributed by atoms with van der Waals surface area (Å²) in [5.74, 6) is -0.135.